The Morgan fingerprint density at radius 3 is 2.64 bits per heavy atom. The Morgan fingerprint density at radius 1 is 1.41 bits per heavy atom. The third-order valence-corrected chi connectivity index (χ3v) is 3.92. The first-order chi connectivity index (χ1) is 10.2. The normalized spacial score (nSPS) is 22.5. The monoisotopic (exact) mass is 308 g/mol. The number of carbonyl (C=O) groups is 1. The molecular weight excluding hydrogens is 283 g/mol. The molecule has 1 fully saturated rings. The first-order valence-corrected chi connectivity index (χ1v) is 7.67. The van der Waals surface area contributed by atoms with Crippen LogP contribution in [0.3, 0.4) is 0 Å². The molecule has 1 aromatic carbocycles. The Balaban J connectivity index is 2.03. The van der Waals surface area contributed by atoms with Crippen molar-refractivity contribution in [3.8, 4) is 0 Å². The molecule has 5 heteroatoms. The van der Waals surface area contributed by atoms with Crippen molar-refractivity contribution in [1.29, 1.82) is 0 Å². The summed E-state index contributed by atoms with van der Waals surface area (Å²) in [5.41, 5.74) is 7.40. The molecule has 1 aromatic rings. The fraction of sp³-hybridized carbons (Fsp3) is 0.588. The van der Waals surface area contributed by atoms with Gasteiger partial charge in [-0.3, -0.25) is 0 Å². The zero-order valence-corrected chi connectivity index (χ0v) is 13.7. The first kappa shape index (κ1) is 16.7. The number of nitrogens with zero attached hydrogens (tertiary/aromatic N) is 1. The second-order valence-electron chi connectivity index (χ2n) is 6.99. The minimum Gasteiger partial charge on any atom is -0.444 e. The summed E-state index contributed by atoms with van der Waals surface area (Å²) in [7, 11) is 0. The standard InChI is InChI=1S/C17H25FN2O2/c1-11-9-12(5-6-14(11)18)13-7-8-20(10-15(13)19)16(21)22-17(2,3)4/h5-6,9,13,15H,7-8,10,19H2,1-4H3/t13-,15-/m1/s1. The van der Waals surface area contributed by atoms with Crippen LogP contribution in [-0.2, 0) is 4.74 Å². The molecule has 1 amide bonds. The topological polar surface area (TPSA) is 55.6 Å². The summed E-state index contributed by atoms with van der Waals surface area (Å²) in [6.07, 6.45) is 0.433. The van der Waals surface area contributed by atoms with E-state index in [0.29, 0.717) is 18.7 Å². The van der Waals surface area contributed by atoms with Crippen molar-refractivity contribution < 1.29 is 13.9 Å². The van der Waals surface area contributed by atoms with Crippen LogP contribution in [0, 0.1) is 12.7 Å². The zero-order chi connectivity index (χ0) is 16.5. The van der Waals surface area contributed by atoms with E-state index in [-0.39, 0.29) is 23.9 Å². The highest BCUT2D eigenvalue weighted by molar-refractivity contribution is 5.68. The lowest BCUT2D eigenvalue weighted by Gasteiger charge is -2.37. The van der Waals surface area contributed by atoms with Crippen molar-refractivity contribution in [1.82, 2.24) is 4.90 Å². The fourth-order valence-corrected chi connectivity index (χ4v) is 2.79. The van der Waals surface area contributed by atoms with Gasteiger partial charge in [-0.1, -0.05) is 12.1 Å². The Kier molecular flexibility index (Phi) is 4.75. The van der Waals surface area contributed by atoms with E-state index >= 15 is 0 Å². The molecule has 0 bridgehead atoms. The number of hydrogen-bond donors (Lipinski definition) is 1. The number of benzene rings is 1. The Bertz CT molecular complexity index is 554. The molecule has 2 atom stereocenters. The minimum atomic E-state index is -0.508. The summed E-state index contributed by atoms with van der Waals surface area (Å²) < 4.78 is 18.8. The second-order valence-corrected chi connectivity index (χ2v) is 6.99. The Morgan fingerprint density at radius 2 is 2.09 bits per heavy atom. The summed E-state index contributed by atoms with van der Waals surface area (Å²) in [6.45, 7) is 8.34. The van der Waals surface area contributed by atoms with Gasteiger partial charge in [0, 0.05) is 25.0 Å². The van der Waals surface area contributed by atoms with Gasteiger partial charge < -0.3 is 15.4 Å². The maximum atomic E-state index is 13.4. The highest BCUT2D eigenvalue weighted by Crippen LogP contribution is 2.29. The van der Waals surface area contributed by atoms with E-state index in [4.69, 9.17) is 10.5 Å². The quantitative estimate of drug-likeness (QED) is 0.867. The molecule has 0 spiro atoms. The largest absolute Gasteiger partial charge is 0.444 e. The van der Waals surface area contributed by atoms with Crippen molar-refractivity contribution in [3.63, 3.8) is 0 Å². The number of likely N-dealkylation sites (tertiary alicyclic amines) is 1. The van der Waals surface area contributed by atoms with Gasteiger partial charge in [0.25, 0.3) is 0 Å². The van der Waals surface area contributed by atoms with E-state index in [1.807, 2.05) is 26.8 Å². The lowest BCUT2D eigenvalue weighted by molar-refractivity contribution is 0.0186. The van der Waals surface area contributed by atoms with E-state index in [1.54, 1.807) is 17.9 Å². The predicted molar refractivity (Wildman–Crippen MR) is 84.3 cm³/mol. The van der Waals surface area contributed by atoms with Crippen LogP contribution < -0.4 is 5.73 Å². The van der Waals surface area contributed by atoms with Crippen molar-refractivity contribution in [3.05, 3.63) is 35.1 Å². The molecule has 22 heavy (non-hydrogen) atoms. The molecule has 1 saturated heterocycles. The number of piperidine rings is 1. The van der Waals surface area contributed by atoms with E-state index in [0.717, 1.165) is 12.0 Å². The zero-order valence-electron chi connectivity index (χ0n) is 13.7. The van der Waals surface area contributed by atoms with Crippen LogP contribution in [-0.4, -0.2) is 35.7 Å². The number of amides is 1. The number of rotatable bonds is 1. The van der Waals surface area contributed by atoms with Crippen molar-refractivity contribution >= 4 is 6.09 Å². The predicted octanol–water partition coefficient (Wildman–Crippen LogP) is 3.19. The lowest BCUT2D eigenvalue weighted by atomic mass is 9.85. The molecule has 0 radical (unpaired) electrons. The Labute approximate surface area is 131 Å². The van der Waals surface area contributed by atoms with Gasteiger partial charge >= 0.3 is 6.09 Å². The maximum Gasteiger partial charge on any atom is 0.410 e. The summed E-state index contributed by atoms with van der Waals surface area (Å²) in [5.74, 6) is -0.0681. The smallest absolute Gasteiger partial charge is 0.410 e. The molecule has 122 valence electrons. The fourth-order valence-electron chi connectivity index (χ4n) is 2.79. The van der Waals surface area contributed by atoms with Crippen molar-refractivity contribution in [2.24, 2.45) is 5.73 Å². The minimum absolute atomic E-state index is 0.137. The SMILES string of the molecule is Cc1cc([C@H]2CCN(C(=O)OC(C)(C)C)C[C@H]2N)ccc1F. The highest BCUT2D eigenvalue weighted by Gasteiger charge is 2.32. The molecule has 2 rings (SSSR count). The lowest BCUT2D eigenvalue weighted by Crippen LogP contribution is -2.50. The highest BCUT2D eigenvalue weighted by atomic mass is 19.1. The van der Waals surface area contributed by atoms with Crippen LogP contribution in [0.15, 0.2) is 18.2 Å². The third kappa shape index (κ3) is 3.97. The number of hydrogen-bond acceptors (Lipinski definition) is 3. The van der Waals surface area contributed by atoms with Crippen LogP contribution in [0.4, 0.5) is 9.18 Å². The molecule has 0 saturated carbocycles. The number of nitrogens with two attached hydrogens (primary N) is 1. The molecule has 1 aliphatic heterocycles. The summed E-state index contributed by atoms with van der Waals surface area (Å²) in [4.78, 5) is 13.8. The molecular formula is C17H25FN2O2. The van der Waals surface area contributed by atoms with Crippen LogP contribution >= 0.6 is 0 Å². The summed E-state index contributed by atoms with van der Waals surface area (Å²) in [6, 6.07) is 4.95. The molecule has 2 N–H and O–H groups in total. The van der Waals surface area contributed by atoms with Gasteiger partial charge in [-0.15, -0.1) is 0 Å². The molecule has 4 nitrogen and oxygen atoms in total. The molecule has 1 aliphatic rings. The van der Waals surface area contributed by atoms with Crippen LogP contribution in [0.1, 0.15) is 44.2 Å². The van der Waals surface area contributed by atoms with Gasteiger partial charge in [0.15, 0.2) is 0 Å². The first-order valence-electron chi connectivity index (χ1n) is 7.67. The molecule has 0 aromatic heterocycles. The van der Waals surface area contributed by atoms with Crippen LogP contribution in [0.5, 0.6) is 0 Å². The average Bonchev–Trinajstić information content (AvgIpc) is 2.40. The van der Waals surface area contributed by atoms with Gasteiger partial charge in [-0.25, -0.2) is 9.18 Å². The van der Waals surface area contributed by atoms with Gasteiger partial charge in [0.1, 0.15) is 11.4 Å². The van der Waals surface area contributed by atoms with Gasteiger partial charge in [-0.05, 0) is 51.3 Å². The second kappa shape index (κ2) is 6.24. The Hall–Kier alpha value is -1.62. The van der Waals surface area contributed by atoms with E-state index in [9.17, 15) is 9.18 Å². The van der Waals surface area contributed by atoms with E-state index in [2.05, 4.69) is 0 Å². The number of carbonyl (C=O) groups excluding carboxylic acids is 1. The summed E-state index contributed by atoms with van der Waals surface area (Å²) >= 11 is 0. The van der Waals surface area contributed by atoms with Crippen molar-refractivity contribution in [2.45, 2.75) is 51.7 Å². The van der Waals surface area contributed by atoms with Gasteiger partial charge in [0.05, 0.1) is 0 Å². The maximum absolute atomic E-state index is 13.4. The van der Waals surface area contributed by atoms with Crippen molar-refractivity contribution in [2.75, 3.05) is 13.1 Å². The van der Waals surface area contributed by atoms with Gasteiger partial charge in [-0.2, -0.15) is 0 Å². The number of aryl methyl sites for hydroxylation is 1. The average molecular weight is 308 g/mol. The van der Waals surface area contributed by atoms with Crippen LogP contribution in [0.25, 0.3) is 0 Å². The number of halogens is 1. The van der Waals surface area contributed by atoms with E-state index in [1.165, 1.54) is 6.07 Å². The molecule has 0 unspecified atom stereocenters. The number of ether oxygens (including phenoxy) is 1. The van der Waals surface area contributed by atoms with Gasteiger partial charge in [0.2, 0.25) is 0 Å². The molecule has 1 heterocycles. The summed E-state index contributed by atoms with van der Waals surface area (Å²) in [5, 5.41) is 0. The van der Waals surface area contributed by atoms with E-state index < -0.39 is 5.60 Å². The van der Waals surface area contributed by atoms with Crippen LogP contribution in [0.2, 0.25) is 0 Å². The molecule has 0 aliphatic carbocycles. The third-order valence-electron chi connectivity index (χ3n) is 3.92.